The van der Waals surface area contributed by atoms with E-state index >= 15 is 0 Å². The molecule has 1 unspecified atom stereocenters. The Hall–Kier alpha value is -1.55. The lowest BCUT2D eigenvalue weighted by Gasteiger charge is -2.09. The molecule has 5 heteroatoms. The fourth-order valence-corrected chi connectivity index (χ4v) is 2.37. The van der Waals surface area contributed by atoms with Crippen LogP contribution in [0.1, 0.15) is 27.9 Å². The minimum absolute atomic E-state index is 0.0597. The van der Waals surface area contributed by atoms with E-state index in [-0.39, 0.29) is 12.5 Å². The van der Waals surface area contributed by atoms with E-state index in [2.05, 4.69) is 10.1 Å². The monoisotopic (exact) mass is 281 g/mol. The number of methoxy groups -OCH3 is 1. The first-order valence-electron chi connectivity index (χ1n) is 6.23. The molecular formula is C14H16ClNO3. The first kappa shape index (κ1) is 13.9. The molecule has 0 aliphatic heterocycles. The second kappa shape index (κ2) is 6.06. The first-order chi connectivity index (χ1) is 9.11. The molecule has 2 rings (SSSR count). The van der Waals surface area contributed by atoms with Gasteiger partial charge in [0, 0.05) is 12.1 Å². The third kappa shape index (κ3) is 3.26. The van der Waals surface area contributed by atoms with Gasteiger partial charge >= 0.3 is 5.97 Å². The van der Waals surface area contributed by atoms with Gasteiger partial charge in [-0.15, -0.1) is 11.6 Å². The van der Waals surface area contributed by atoms with Crippen LogP contribution in [0.4, 0.5) is 0 Å². The summed E-state index contributed by atoms with van der Waals surface area (Å²) < 4.78 is 4.49. The SMILES string of the molecule is COC(=O)C(Cl)CNC(=O)c1ccc2c(c1)CCC2. The molecule has 1 amide bonds. The Morgan fingerprint density at radius 1 is 1.37 bits per heavy atom. The molecule has 4 nitrogen and oxygen atoms in total. The Balaban J connectivity index is 1.95. The van der Waals surface area contributed by atoms with Crippen molar-refractivity contribution in [2.75, 3.05) is 13.7 Å². The number of fused-ring (bicyclic) bond motifs is 1. The Labute approximate surface area is 117 Å². The largest absolute Gasteiger partial charge is 0.468 e. The van der Waals surface area contributed by atoms with Gasteiger partial charge in [0.25, 0.3) is 5.91 Å². The molecular weight excluding hydrogens is 266 g/mol. The zero-order chi connectivity index (χ0) is 13.8. The molecule has 1 atom stereocenters. The van der Waals surface area contributed by atoms with E-state index in [1.165, 1.54) is 18.2 Å². The number of carbonyl (C=O) groups is 2. The average molecular weight is 282 g/mol. The predicted molar refractivity (Wildman–Crippen MR) is 72.5 cm³/mol. The number of hydrogen-bond donors (Lipinski definition) is 1. The lowest BCUT2D eigenvalue weighted by Crippen LogP contribution is -2.34. The van der Waals surface area contributed by atoms with Crippen LogP contribution in [0.2, 0.25) is 0 Å². The third-order valence-corrected chi connectivity index (χ3v) is 3.59. The van der Waals surface area contributed by atoms with Gasteiger partial charge in [-0.05, 0) is 42.5 Å². The number of halogens is 1. The molecule has 0 radical (unpaired) electrons. The van der Waals surface area contributed by atoms with Crippen molar-refractivity contribution in [1.82, 2.24) is 5.32 Å². The minimum atomic E-state index is -0.858. The van der Waals surface area contributed by atoms with Gasteiger partial charge in [0.2, 0.25) is 0 Å². The van der Waals surface area contributed by atoms with Crippen LogP contribution in [0.3, 0.4) is 0 Å². The highest BCUT2D eigenvalue weighted by Gasteiger charge is 2.18. The molecule has 1 N–H and O–H groups in total. The van der Waals surface area contributed by atoms with Crippen molar-refractivity contribution in [1.29, 1.82) is 0 Å². The summed E-state index contributed by atoms with van der Waals surface area (Å²) in [6.45, 7) is 0.0597. The fourth-order valence-electron chi connectivity index (χ4n) is 2.21. The maximum Gasteiger partial charge on any atom is 0.325 e. The van der Waals surface area contributed by atoms with Crippen molar-refractivity contribution in [3.63, 3.8) is 0 Å². The fraction of sp³-hybridized carbons (Fsp3) is 0.429. The summed E-state index contributed by atoms with van der Waals surface area (Å²) in [7, 11) is 1.26. The number of amides is 1. The van der Waals surface area contributed by atoms with Gasteiger partial charge in [-0.25, -0.2) is 0 Å². The molecule has 1 aromatic carbocycles. The van der Waals surface area contributed by atoms with E-state index in [0.717, 1.165) is 19.3 Å². The Bertz CT molecular complexity index is 501. The second-order valence-electron chi connectivity index (χ2n) is 4.54. The number of aryl methyl sites for hydroxylation is 2. The normalized spacial score (nSPS) is 14.6. The van der Waals surface area contributed by atoms with E-state index in [0.29, 0.717) is 5.56 Å². The summed E-state index contributed by atoms with van der Waals surface area (Å²) >= 11 is 5.77. The summed E-state index contributed by atoms with van der Waals surface area (Å²) in [4.78, 5) is 23.0. The van der Waals surface area contributed by atoms with Crippen molar-refractivity contribution >= 4 is 23.5 Å². The standard InChI is InChI=1S/C14H16ClNO3/c1-19-14(18)12(15)8-16-13(17)11-6-5-9-3-2-4-10(9)7-11/h5-7,12H,2-4,8H2,1H3,(H,16,17). The van der Waals surface area contributed by atoms with Crippen LogP contribution < -0.4 is 5.32 Å². The molecule has 0 saturated carbocycles. The molecule has 1 aliphatic rings. The van der Waals surface area contributed by atoms with E-state index < -0.39 is 11.3 Å². The number of esters is 1. The van der Waals surface area contributed by atoms with Crippen molar-refractivity contribution in [2.24, 2.45) is 0 Å². The number of ether oxygens (including phenoxy) is 1. The van der Waals surface area contributed by atoms with Crippen LogP contribution >= 0.6 is 11.6 Å². The molecule has 0 heterocycles. The predicted octanol–water partition coefficient (Wildman–Crippen LogP) is 1.69. The Morgan fingerprint density at radius 2 is 2.11 bits per heavy atom. The molecule has 102 valence electrons. The van der Waals surface area contributed by atoms with Crippen LogP contribution in [0, 0.1) is 0 Å². The van der Waals surface area contributed by atoms with Gasteiger partial charge in [-0.2, -0.15) is 0 Å². The molecule has 0 aromatic heterocycles. The van der Waals surface area contributed by atoms with Gasteiger partial charge in [-0.1, -0.05) is 6.07 Å². The highest BCUT2D eigenvalue weighted by Crippen LogP contribution is 2.22. The maximum atomic E-state index is 11.9. The molecule has 0 saturated heterocycles. The number of benzene rings is 1. The number of nitrogens with one attached hydrogen (secondary N) is 1. The van der Waals surface area contributed by atoms with Crippen LogP contribution in [0.15, 0.2) is 18.2 Å². The molecule has 1 aromatic rings. The number of hydrogen-bond acceptors (Lipinski definition) is 3. The van der Waals surface area contributed by atoms with Crippen LogP contribution in [0.25, 0.3) is 0 Å². The molecule has 0 spiro atoms. The zero-order valence-corrected chi connectivity index (χ0v) is 11.5. The van der Waals surface area contributed by atoms with E-state index in [4.69, 9.17) is 11.6 Å². The van der Waals surface area contributed by atoms with Gasteiger partial charge in [0.1, 0.15) is 5.38 Å². The summed E-state index contributed by atoms with van der Waals surface area (Å²) in [5, 5.41) is 1.78. The maximum absolute atomic E-state index is 11.9. The number of alkyl halides is 1. The quantitative estimate of drug-likeness (QED) is 0.675. The highest BCUT2D eigenvalue weighted by molar-refractivity contribution is 6.30. The summed E-state index contributed by atoms with van der Waals surface area (Å²) in [6.07, 6.45) is 3.26. The molecule has 1 aliphatic carbocycles. The number of carbonyl (C=O) groups excluding carboxylic acids is 2. The summed E-state index contributed by atoms with van der Waals surface area (Å²) in [5.41, 5.74) is 3.17. The minimum Gasteiger partial charge on any atom is -0.468 e. The smallest absolute Gasteiger partial charge is 0.325 e. The van der Waals surface area contributed by atoms with Crippen molar-refractivity contribution < 1.29 is 14.3 Å². The Kier molecular flexibility index (Phi) is 4.43. The first-order valence-corrected chi connectivity index (χ1v) is 6.67. The van der Waals surface area contributed by atoms with Crippen molar-refractivity contribution in [3.8, 4) is 0 Å². The summed E-state index contributed by atoms with van der Waals surface area (Å²) in [5.74, 6) is -0.764. The summed E-state index contributed by atoms with van der Waals surface area (Å²) in [6, 6.07) is 5.72. The van der Waals surface area contributed by atoms with Crippen LogP contribution in [0.5, 0.6) is 0 Å². The Morgan fingerprint density at radius 3 is 2.84 bits per heavy atom. The van der Waals surface area contributed by atoms with Crippen LogP contribution in [-0.2, 0) is 22.4 Å². The highest BCUT2D eigenvalue weighted by atomic mass is 35.5. The third-order valence-electron chi connectivity index (χ3n) is 3.26. The van der Waals surface area contributed by atoms with Crippen molar-refractivity contribution in [3.05, 3.63) is 34.9 Å². The van der Waals surface area contributed by atoms with Gasteiger partial charge in [0.05, 0.1) is 7.11 Å². The van der Waals surface area contributed by atoms with Gasteiger partial charge in [-0.3, -0.25) is 9.59 Å². The lowest BCUT2D eigenvalue weighted by atomic mass is 10.1. The van der Waals surface area contributed by atoms with Crippen molar-refractivity contribution in [2.45, 2.75) is 24.6 Å². The average Bonchev–Trinajstić information content (AvgIpc) is 2.90. The molecule has 19 heavy (non-hydrogen) atoms. The van der Waals surface area contributed by atoms with Gasteiger partial charge < -0.3 is 10.1 Å². The lowest BCUT2D eigenvalue weighted by molar-refractivity contribution is -0.140. The molecule has 0 fully saturated rings. The molecule has 0 bridgehead atoms. The van der Waals surface area contributed by atoms with E-state index in [1.54, 1.807) is 6.07 Å². The van der Waals surface area contributed by atoms with E-state index in [9.17, 15) is 9.59 Å². The topological polar surface area (TPSA) is 55.4 Å². The number of rotatable bonds is 4. The van der Waals surface area contributed by atoms with E-state index in [1.807, 2.05) is 12.1 Å². The zero-order valence-electron chi connectivity index (χ0n) is 10.7. The van der Waals surface area contributed by atoms with Gasteiger partial charge in [0.15, 0.2) is 0 Å². The van der Waals surface area contributed by atoms with Crippen LogP contribution in [-0.4, -0.2) is 30.9 Å². The second-order valence-corrected chi connectivity index (χ2v) is 5.06.